The van der Waals surface area contributed by atoms with E-state index in [0.29, 0.717) is 22.0 Å². The van der Waals surface area contributed by atoms with Crippen molar-refractivity contribution in [1.29, 1.82) is 0 Å². The first-order valence-corrected chi connectivity index (χ1v) is 7.71. The van der Waals surface area contributed by atoms with Gasteiger partial charge in [-0.3, -0.25) is 4.98 Å². The van der Waals surface area contributed by atoms with E-state index in [4.69, 9.17) is 17.3 Å². The molecular formula is C18H20ClN3. The van der Waals surface area contributed by atoms with E-state index in [2.05, 4.69) is 30.7 Å². The standard InChI is InChI=1S/C18H20ClN3/c1-11(16-8-18(16,2)3)22-14-4-5-17(19)15(7-14)12-6-13(20)10-21-9-12/h4-7,9-10,16,22H,1,8,20H2,2-3H3. The molecule has 3 N–H and O–H groups in total. The molecule has 0 radical (unpaired) electrons. The van der Waals surface area contributed by atoms with Crippen LogP contribution in [-0.4, -0.2) is 4.98 Å². The van der Waals surface area contributed by atoms with E-state index >= 15 is 0 Å². The Morgan fingerprint density at radius 3 is 2.73 bits per heavy atom. The third-order valence-corrected chi connectivity index (χ3v) is 4.61. The number of nitrogens with two attached hydrogens (primary N) is 1. The Kier molecular flexibility index (Phi) is 3.61. The van der Waals surface area contributed by atoms with Crippen LogP contribution in [0.1, 0.15) is 20.3 Å². The maximum absolute atomic E-state index is 6.32. The molecular weight excluding hydrogens is 294 g/mol. The van der Waals surface area contributed by atoms with Crippen LogP contribution in [0, 0.1) is 11.3 Å². The Hall–Kier alpha value is -2.00. The molecule has 1 aliphatic rings. The van der Waals surface area contributed by atoms with Gasteiger partial charge in [-0.1, -0.05) is 32.0 Å². The van der Waals surface area contributed by atoms with Gasteiger partial charge in [0.05, 0.1) is 5.69 Å². The van der Waals surface area contributed by atoms with Crippen molar-refractivity contribution in [2.24, 2.45) is 11.3 Å². The average molecular weight is 314 g/mol. The van der Waals surface area contributed by atoms with E-state index in [-0.39, 0.29) is 0 Å². The minimum absolute atomic E-state index is 0.358. The number of nitrogen functional groups attached to an aromatic ring is 1. The molecule has 1 heterocycles. The van der Waals surface area contributed by atoms with Crippen LogP contribution >= 0.6 is 11.6 Å². The fraction of sp³-hybridized carbons (Fsp3) is 0.278. The van der Waals surface area contributed by atoms with Crippen molar-refractivity contribution in [2.75, 3.05) is 11.1 Å². The van der Waals surface area contributed by atoms with Crippen LogP contribution in [0.5, 0.6) is 0 Å². The molecule has 1 aromatic heterocycles. The van der Waals surface area contributed by atoms with Crippen molar-refractivity contribution >= 4 is 23.0 Å². The summed E-state index contributed by atoms with van der Waals surface area (Å²) in [6, 6.07) is 7.73. The van der Waals surface area contributed by atoms with Crippen LogP contribution in [0.2, 0.25) is 5.02 Å². The third kappa shape index (κ3) is 2.95. The number of pyridine rings is 1. The molecule has 1 aromatic carbocycles. The average Bonchev–Trinajstić information content (AvgIpc) is 3.10. The van der Waals surface area contributed by atoms with Crippen molar-refractivity contribution in [3.05, 3.63) is 54.0 Å². The second-order valence-electron chi connectivity index (χ2n) is 6.60. The summed E-state index contributed by atoms with van der Waals surface area (Å²) >= 11 is 6.32. The van der Waals surface area contributed by atoms with Gasteiger partial charge in [-0.25, -0.2) is 0 Å². The van der Waals surface area contributed by atoms with E-state index in [1.807, 2.05) is 24.3 Å². The van der Waals surface area contributed by atoms with E-state index in [0.717, 1.165) is 22.5 Å². The fourth-order valence-electron chi connectivity index (χ4n) is 2.76. The number of anilines is 2. The number of allylic oxidation sites excluding steroid dienone is 1. The Labute approximate surface area is 136 Å². The number of halogens is 1. The molecule has 1 aliphatic carbocycles. The van der Waals surface area contributed by atoms with Gasteiger partial charge in [0, 0.05) is 45.8 Å². The zero-order valence-electron chi connectivity index (χ0n) is 12.9. The number of nitrogens with zero attached hydrogens (tertiary/aromatic N) is 1. The SMILES string of the molecule is C=C(Nc1ccc(Cl)c(-c2cncc(N)c2)c1)C1CC1(C)C. The lowest BCUT2D eigenvalue weighted by molar-refractivity contribution is 0.599. The number of nitrogens with one attached hydrogen (secondary N) is 1. The zero-order chi connectivity index (χ0) is 15.9. The van der Waals surface area contributed by atoms with Crippen molar-refractivity contribution in [2.45, 2.75) is 20.3 Å². The van der Waals surface area contributed by atoms with Crippen molar-refractivity contribution in [3.8, 4) is 11.1 Å². The Morgan fingerprint density at radius 2 is 2.09 bits per heavy atom. The summed E-state index contributed by atoms with van der Waals surface area (Å²) in [6.45, 7) is 8.69. The molecule has 0 bridgehead atoms. The quantitative estimate of drug-likeness (QED) is 0.839. The molecule has 2 aromatic rings. The summed E-state index contributed by atoms with van der Waals surface area (Å²) in [5.41, 5.74) is 10.6. The molecule has 114 valence electrons. The molecule has 1 fully saturated rings. The lowest BCUT2D eigenvalue weighted by Crippen LogP contribution is -2.04. The normalized spacial score (nSPS) is 18.8. The van der Waals surface area contributed by atoms with Gasteiger partial charge in [-0.05, 0) is 36.1 Å². The van der Waals surface area contributed by atoms with Gasteiger partial charge in [-0.2, -0.15) is 0 Å². The predicted molar refractivity (Wildman–Crippen MR) is 93.7 cm³/mol. The molecule has 0 spiro atoms. The smallest absolute Gasteiger partial charge is 0.0506 e. The van der Waals surface area contributed by atoms with Crippen LogP contribution < -0.4 is 11.1 Å². The van der Waals surface area contributed by atoms with Gasteiger partial charge in [-0.15, -0.1) is 0 Å². The summed E-state index contributed by atoms with van der Waals surface area (Å²) < 4.78 is 0. The van der Waals surface area contributed by atoms with E-state index in [1.54, 1.807) is 12.4 Å². The van der Waals surface area contributed by atoms with Crippen LogP contribution in [0.15, 0.2) is 48.9 Å². The first kappa shape index (κ1) is 14.9. The zero-order valence-corrected chi connectivity index (χ0v) is 13.6. The Bertz CT molecular complexity index is 737. The Morgan fingerprint density at radius 1 is 1.36 bits per heavy atom. The first-order chi connectivity index (χ1) is 10.4. The van der Waals surface area contributed by atoms with E-state index in [9.17, 15) is 0 Å². The lowest BCUT2D eigenvalue weighted by atomic mass is 10.1. The van der Waals surface area contributed by atoms with Gasteiger partial charge in [0.2, 0.25) is 0 Å². The topological polar surface area (TPSA) is 50.9 Å². The van der Waals surface area contributed by atoms with Gasteiger partial charge < -0.3 is 11.1 Å². The van der Waals surface area contributed by atoms with Gasteiger partial charge in [0.1, 0.15) is 0 Å². The van der Waals surface area contributed by atoms with E-state index in [1.165, 1.54) is 6.42 Å². The molecule has 0 amide bonds. The van der Waals surface area contributed by atoms with Crippen molar-refractivity contribution in [1.82, 2.24) is 4.98 Å². The summed E-state index contributed by atoms with van der Waals surface area (Å²) in [5.74, 6) is 0.528. The molecule has 1 saturated carbocycles. The number of hydrogen-bond acceptors (Lipinski definition) is 3. The van der Waals surface area contributed by atoms with Gasteiger partial charge in [0.15, 0.2) is 0 Å². The molecule has 1 unspecified atom stereocenters. The highest BCUT2D eigenvalue weighted by Gasteiger charge is 2.47. The number of benzene rings is 1. The number of rotatable bonds is 4. The van der Waals surface area contributed by atoms with E-state index < -0.39 is 0 Å². The van der Waals surface area contributed by atoms with Crippen LogP contribution in [0.25, 0.3) is 11.1 Å². The molecule has 3 rings (SSSR count). The maximum atomic E-state index is 6.32. The monoisotopic (exact) mass is 313 g/mol. The molecule has 0 saturated heterocycles. The highest BCUT2D eigenvalue weighted by Crippen LogP contribution is 2.55. The summed E-state index contributed by atoms with van der Waals surface area (Å²) in [7, 11) is 0. The van der Waals surface area contributed by atoms with Gasteiger partial charge in [0.25, 0.3) is 0 Å². The van der Waals surface area contributed by atoms with Crippen molar-refractivity contribution < 1.29 is 0 Å². The molecule has 0 aliphatic heterocycles. The molecule has 3 nitrogen and oxygen atoms in total. The number of hydrogen-bond donors (Lipinski definition) is 2. The minimum atomic E-state index is 0.358. The van der Waals surface area contributed by atoms with Crippen LogP contribution in [-0.2, 0) is 0 Å². The molecule has 4 heteroatoms. The first-order valence-electron chi connectivity index (χ1n) is 7.33. The highest BCUT2D eigenvalue weighted by molar-refractivity contribution is 6.33. The lowest BCUT2D eigenvalue weighted by Gasteiger charge is -2.13. The number of aromatic nitrogens is 1. The van der Waals surface area contributed by atoms with Crippen LogP contribution in [0.3, 0.4) is 0 Å². The second-order valence-corrected chi connectivity index (χ2v) is 7.00. The molecule has 1 atom stereocenters. The fourth-order valence-corrected chi connectivity index (χ4v) is 2.99. The summed E-state index contributed by atoms with van der Waals surface area (Å²) in [5, 5.41) is 4.08. The highest BCUT2D eigenvalue weighted by atomic mass is 35.5. The summed E-state index contributed by atoms with van der Waals surface area (Å²) in [4.78, 5) is 4.13. The minimum Gasteiger partial charge on any atom is -0.397 e. The van der Waals surface area contributed by atoms with Crippen molar-refractivity contribution in [3.63, 3.8) is 0 Å². The Balaban J connectivity index is 1.86. The third-order valence-electron chi connectivity index (χ3n) is 4.28. The second kappa shape index (κ2) is 5.33. The molecule has 22 heavy (non-hydrogen) atoms. The van der Waals surface area contributed by atoms with Gasteiger partial charge >= 0.3 is 0 Å². The summed E-state index contributed by atoms with van der Waals surface area (Å²) in [6.07, 6.45) is 4.56. The predicted octanol–water partition coefficient (Wildman–Crippen LogP) is 4.96. The largest absolute Gasteiger partial charge is 0.397 e. The van der Waals surface area contributed by atoms with Crippen LogP contribution in [0.4, 0.5) is 11.4 Å². The maximum Gasteiger partial charge on any atom is 0.0506 e.